The van der Waals surface area contributed by atoms with Crippen LogP contribution in [-0.2, 0) is 25.5 Å². The second kappa shape index (κ2) is 11.2. The standard InChI is InChI=1S/C24H29N3O4/c1-18-11-13-27(14-12-18)21-9-7-20(8-10-21)26-23(29)17-31-24(30)16-25-22(28)15-19-5-3-2-4-6-19/h2-10,18H,11-17H2,1H3,(H,25,28)(H,26,29). The van der Waals surface area contributed by atoms with Gasteiger partial charge in [-0.2, -0.15) is 0 Å². The van der Waals surface area contributed by atoms with Crippen molar-refractivity contribution in [3.8, 4) is 0 Å². The highest BCUT2D eigenvalue weighted by molar-refractivity contribution is 5.93. The number of carbonyl (C=O) groups is 3. The lowest BCUT2D eigenvalue weighted by Crippen LogP contribution is -2.33. The molecule has 1 aliphatic rings. The van der Waals surface area contributed by atoms with Crippen LogP contribution in [0.5, 0.6) is 0 Å². The highest BCUT2D eigenvalue weighted by Crippen LogP contribution is 2.24. The van der Waals surface area contributed by atoms with Crippen LogP contribution in [0.1, 0.15) is 25.3 Å². The smallest absolute Gasteiger partial charge is 0.325 e. The molecule has 3 rings (SSSR count). The minimum atomic E-state index is -0.661. The summed E-state index contributed by atoms with van der Waals surface area (Å²) < 4.78 is 4.93. The van der Waals surface area contributed by atoms with Gasteiger partial charge in [-0.25, -0.2) is 0 Å². The summed E-state index contributed by atoms with van der Waals surface area (Å²) >= 11 is 0. The molecule has 0 aromatic heterocycles. The third kappa shape index (κ3) is 7.44. The highest BCUT2D eigenvalue weighted by atomic mass is 16.5. The van der Waals surface area contributed by atoms with Gasteiger partial charge in [0.15, 0.2) is 6.61 Å². The summed E-state index contributed by atoms with van der Waals surface area (Å²) in [5.74, 6) is -0.597. The molecule has 1 aliphatic heterocycles. The molecule has 2 aromatic carbocycles. The molecule has 0 saturated carbocycles. The Bertz CT molecular complexity index is 875. The maximum absolute atomic E-state index is 12.0. The van der Waals surface area contributed by atoms with Gasteiger partial charge in [0, 0.05) is 24.5 Å². The van der Waals surface area contributed by atoms with Crippen LogP contribution >= 0.6 is 0 Å². The second-order valence-corrected chi connectivity index (χ2v) is 7.86. The molecule has 0 unspecified atom stereocenters. The Morgan fingerprint density at radius 2 is 1.65 bits per heavy atom. The number of nitrogens with one attached hydrogen (secondary N) is 2. The molecule has 2 N–H and O–H groups in total. The number of rotatable bonds is 8. The summed E-state index contributed by atoms with van der Waals surface area (Å²) in [5.41, 5.74) is 2.64. The van der Waals surface area contributed by atoms with Crippen LogP contribution < -0.4 is 15.5 Å². The minimum Gasteiger partial charge on any atom is -0.454 e. The van der Waals surface area contributed by atoms with E-state index in [1.165, 1.54) is 12.8 Å². The maximum Gasteiger partial charge on any atom is 0.325 e. The topological polar surface area (TPSA) is 87.7 Å². The van der Waals surface area contributed by atoms with Gasteiger partial charge < -0.3 is 20.3 Å². The number of hydrogen-bond acceptors (Lipinski definition) is 5. The summed E-state index contributed by atoms with van der Waals surface area (Å²) in [6, 6.07) is 16.9. The van der Waals surface area contributed by atoms with Gasteiger partial charge in [0.1, 0.15) is 6.54 Å². The monoisotopic (exact) mass is 423 g/mol. The molecular weight excluding hydrogens is 394 g/mol. The van der Waals surface area contributed by atoms with Gasteiger partial charge in [0.25, 0.3) is 5.91 Å². The van der Waals surface area contributed by atoms with E-state index in [2.05, 4.69) is 22.5 Å². The molecule has 0 bridgehead atoms. The second-order valence-electron chi connectivity index (χ2n) is 7.86. The fraction of sp³-hybridized carbons (Fsp3) is 0.375. The number of amides is 2. The highest BCUT2D eigenvalue weighted by Gasteiger charge is 2.16. The van der Waals surface area contributed by atoms with E-state index in [1.807, 2.05) is 54.6 Å². The number of esters is 1. The summed E-state index contributed by atoms with van der Waals surface area (Å²) in [6.07, 6.45) is 2.56. The van der Waals surface area contributed by atoms with Gasteiger partial charge in [-0.15, -0.1) is 0 Å². The summed E-state index contributed by atoms with van der Waals surface area (Å²) in [4.78, 5) is 38.0. The van der Waals surface area contributed by atoms with E-state index in [9.17, 15) is 14.4 Å². The zero-order valence-electron chi connectivity index (χ0n) is 17.8. The Morgan fingerprint density at radius 3 is 2.32 bits per heavy atom. The van der Waals surface area contributed by atoms with E-state index >= 15 is 0 Å². The van der Waals surface area contributed by atoms with Crippen molar-refractivity contribution in [1.29, 1.82) is 0 Å². The minimum absolute atomic E-state index is 0.182. The van der Waals surface area contributed by atoms with Crippen molar-refractivity contribution in [2.75, 3.05) is 36.5 Å². The van der Waals surface area contributed by atoms with Crippen LogP contribution in [0, 0.1) is 5.92 Å². The molecule has 164 valence electrons. The molecule has 31 heavy (non-hydrogen) atoms. The van der Waals surface area contributed by atoms with Crippen LogP contribution in [0.25, 0.3) is 0 Å². The van der Waals surface area contributed by atoms with Crippen molar-refractivity contribution in [1.82, 2.24) is 5.32 Å². The fourth-order valence-electron chi connectivity index (χ4n) is 3.43. The van der Waals surface area contributed by atoms with Crippen molar-refractivity contribution >= 4 is 29.2 Å². The average Bonchev–Trinajstić information content (AvgIpc) is 2.78. The lowest BCUT2D eigenvalue weighted by atomic mass is 9.99. The molecule has 0 atom stereocenters. The van der Waals surface area contributed by atoms with Crippen LogP contribution in [-0.4, -0.2) is 44.0 Å². The first-order valence-electron chi connectivity index (χ1n) is 10.6. The van der Waals surface area contributed by atoms with Crippen LogP contribution in [0.3, 0.4) is 0 Å². The first-order chi connectivity index (χ1) is 15.0. The predicted molar refractivity (Wildman–Crippen MR) is 120 cm³/mol. The summed E-state index contributed by atoms with van der Waals surface area (Å²) in [5, 5.41) is 5.20. The summed E-state index contributed by atoms with van der Waals surface area (Å²) in [6.45, 7) is 3.69. The van der Waals surface area contributed by atoms with Crippen LogP contribution in [0.4, 0.5) is 11.4 Å². The van der Waals surface area contributed by atoms with Crippen molar-refractivity contribution in [3.63, 3.8) is 0 Å². The third-order valence-corrected chi connectivity index (χ3v) is 5.30. The number of benzene rings is 2. The predicted octanol–water partition coefficient (Wildman–Crippen LogP) is 2.76. The van der Waals surface area contributed by atoms with Crippen molar-refractivity contribution < 1.29 is 19.1 Å². The molecule has 1 fully saturated rings. The molecule has 2 amide bonds. The fourth-order valence-corrected chi connectivity index (χ4v) is 3.43. The number of nitrogens with zero attached hydrogens (tertiary/aromatic N) is 1. The maximum atomic E-state index is 12.0. The SMILES string of the molecule is CC1CCN(c2ccc(NC(=O)COC(=O)CNC(=O)Cc3ccccc3)cc2)CC1. The van der Waals surface area contributed by atoms with Gasteiger partial charge in [-0.1, -0.05) is 37.3 Å². The zero-order chi connectivity index (χ0) is 22.1. The Balaban J connectivity index is 1.34. The quantitative estimate of drug-likeness (QED) is 0.638. The first kappa shape index (κ1) is 22.3. The Hall–Kier alpha value is -3.35. The van der Waals surface area contributed by atoms with Crippen molar-refractivity contribution in [2.24, 2.45) is 5.92 Å². The third-order valence-electron chi connectivity index (χ3n) is 5.30. The number of anilines is 2. The molecule has 0 aliphatic carbocycles. The van der Waals surface area contributed by atoms with E-state index in [-0.39, 0.29) is 18.9 Å². The molecule has 0 radical (unpaired) electrons. The van der Waals surface area contributed by atoms with Gasteiger partial charge in [0.2, 0.25) is 5.91 Å². The summed E-state index contributed by atoms with van der Waals surface area (Å²) in [7, 11) is 0. The molecule has 7 nitrogen and oxygen atoms in total. The Labute approximate surface area is 182 Å². The molecule has 0 spiro atoms. The van der Waals surface area contributed by atoms with Gasteiger partial charge >= 0.3 is 5.97 Å². The number of piperidine rings is 1. The lowest BCUT2D eigenvalue weighted by Gasteiger charge is -2.32. The molecule has 2 aromatic rings. The van der Waals surface area contributed by atoms with Gasteiger partial charge in [-0.3, -0.25) is 14.4 Å². The lowest BCUT2D eigenvalue weighted by molar-refractivity contribution is -0.147. The molecule has 1 saturated heterocycles. The normalized spacial score (nSPS) is 14.0. The zero-order valence-corrected chi connectivity index (χ0v) is 17.8. The average molecular weight is 424 g/mol. The van der Waals surface area contributed by atoms with E-state index in [1.54, 1.807) is 0 Å². The molecule has 1 heterocycles. The first-order valence-corrected chi connectivity index (χ1v) is 10.6. The largest absolute Gasteiger partial charge is 0.454 e. The van der Waals surface area contributed by atoms with Crippen LogP contribution in [0.2, 0.25) is 0 Å². The van der Waals surface area contributed by atoms with Gasteiger partial charge in [0.05, 0.1) is 6.42 Å². The molecular formula is C24H29N3O4. The number of hydrogen-bond donors (Lipinski definition) is 2. The molecule has 7 heteroatoms. The van der Waals surface area contributed by atoms with Crippen LogP contribution in [0.15, 0.2) is 54.6 Å². The van der Waals surface area contributed by atoms with Crippen molar-refractivity contribution in [3.05, 3.63) is 60.2 Å². The number of carbonyl (C=O) groups excluding carboxylic acids is 3. The van der Waals surface area contributed by atoms with E-state index < -0.39 is 18.5 Å². The van der Waals surface area contributed by atoms with E-state index in [4.69, 9.17) is 4.74 Å². The van der Waals surface area contributed by atoms with Crippen molar-refractivity contribution in [2.45, 2.75) is 26.2 Å². The van der Waals surface area contributed by atoms with E-state index in [0.29, 0.717) is 5.69 Å². The Morgan fingerprint density at radius 1 is 0.968 bits per heavy atom. The Kier molecular flexibility index (Phi) is 8.04. The number of ether oxygens (including phenoxy) is 1. The van der Waals surface area contributed by atoms with E-state index in [0.717, 1.165) is 30.3 Å². The van der Waals surface area contributed by atoms with Gasteiger partial charge in [-0.05, 0) is 48.6 Å².